The standard InChI is InChI=1S/C14H13N3O3/c1-9(18)16-11-3-2-4-12(6-11)17-14(20)10-5-13(19)8-15-7-10/h2-8,19H,1H3,(H,16,18)(H,17,20). The number of aromatic nitrogens is 1. The molecule has 3 N–H and O–H groups in total. The minimum atomic E-state index is -0.395. The van der Waals surface area contributed by atoms with Crippen LogP contribution in [0.4, 0.5) is 11.4 Å². The van der Waals surface area contributed by atoms with Crippen molar-refractivity contribution in [1.82, 2.24) is 4.98 Å². The zero-order valence-corrected chi connectivity index (χ0v) is 10.8. The van der Waals surface area contributed by atoms with Crippen LogP contribution in [0.5, 0.6) is 5.75 Å². The largest absolute Gasteiger partial charge is 0.506 e. The Balaban J connectivity index is 2.13. The molecule has 0 aliphatic heterocycles. The van der Waals surface area contributed by atoms with Gasteiger partial charge < -0.3 is 15.7 Å². The number of carbonyl (C=O) groups excluding carboxylic acids is 2. The second-order valence-corrected chi connectivity index (χ2v) is 4.15. The maximum atomic E-state index is 12.0. The van der Waals surface area contributed by atoms with Crippen molar-refractivity contribution >= 4 is 23.2 Å². The minimum absolute atomic E-state index is 0.0790. The van der Waals surface area contributed by atoms with Crippen molar-refractivity contribution in [3.8, 4) is 5.75 Å². The fraction of sp³-hybridized carbons (Fsp3) is 0.0714. The molecule has 0 spiro atoms. The fourth-order valence-corrected chi connectivity index (χ4v) is 1.63. The monoisotopic (exact) mass is 271 g/mol. The maximum absolute atomic E-state index is 12.0. The van der Waals surface area contributed by atoms with E-state index in [1.807, 2.05) is 0 Å². The van der Waals surface area contributed by atoms with Crippen molar-refractivity contribution in [1.29, 1.82) is 0 Å². The van der Waals surface area contributed by atoms with Crippen molar-refractivity contribution in [3.63, 3.8) is 0 Å². The Hall–Kier alpha value is -2.89. The van der Waals surface area contributed by atoms with Crippen LogP contribution in [0, 0.1) is 0 Å². The molecule has 102 valence electrons. The zero-order valence-electron chi connectivity index (χ0n) is 10.8. The molecule has 0 unspecified atom stereocenters. The first-order valence-electron chi connectivity index (χ1n) is 5.87. The third kappa shape index (κ3) is 3.55. The molecule has 0 fully saturated rings. The lowest BCUT2D eigenvalue weighted by molar-refractivity contribution is -0.114. The molecule has 1 aromatic heterocycles. The molecule has 1 aromatic carbocycles. The highest BCUT2D eigenvalue weighted by Gasteiger charge is 2.08. The summed E-state index contributed by atoms with van der Waals surface area (Å²) in [6.45, 7) is 1.41. The predicted octanol–water partition coefficient (Wildman–Crippen LogP) is 2.00. The lowest BCUT2D eigenvalue weighted by Crippen LogP contribution is -2.12. The molecule has 0 aliphatic carbocycles. The number of amides is 2. The Morgan fingerprint density at radius 1 is 1.10 bits per heavy atom. The van der Waals surface area contributed by atoms with Crippen molar-refractivity contribution in [3.05, 3.63) is 48.3 Å². The van der Waals surface area contributed by atoms with E-state index in [1.165, 1.54) is 25.4 Å². The lowest BCUT2D eigenvalue weighted by Gasteiger charge is -2.07. The minimum Gasteiger partial charge on any atom is -0.506 e. The van der Waals surface area contributed by atoms with Crippen molar-refractivity contribution in [2.75, 3.05) is 10.6 Å². The number of rotatable bonds is 3. The third-order valence-electron chi connectivity index (χ3n) is 2.43. The van der Waals surface area contributed by atoms with Crippen LogP contribution in [0.15, 0.2) is 42.7 Å². The van der Waals surface area contributed by atoms with Gasteiger partial charge in [0.05, 0.1) is 11.8 Å². The summed E-state index contributed by atoms with van der Waals surface area (Å²) in [6.07, 6.45) is 2.60. The third-order valence-corrected chi connectivity index (χ3v) is 2.43. The molecule has 0 saturated heterocycles. The van der Waals surface area contributed by atoms with Gasteiger partial charge in [-0.05, 0) is 24.3 Å². The van der Waals surface area contributed by atoms with E-state index in [1.54, 1.807) is 24.3 Å². The predicted molar refractivity (Wildman–Crippen MR) is 74.6 cm³/mol. The van der Waals surface area contributed by atoms with E-state index in [4.69, 9.17) is 0 Å². The highest BCUT2D eigenvalue weighted by atomic mass is 16.3. The number of anilines is 2. The molecule has 0 saturated carbocycles. The zero-order chi connectivity index (χ0) is 14.5. The smallest absolute Gasteiger partial charge is 0.257 e. The van der Waals surface area contributed by atoms with Gasteiger partial charge in [-0.1, -0.05) is 6.07 Å². The topological polar surface area (TPSA) is 91.3 Å². The summed E-state index contributed by atoms with van der Waals surface area (Å²) in [5, 5.41) is 14.6. The summed E-state index contributed by atoms with van der Waals surface area (Å²) in [6, 6.07) is 8.07. The number of hydrogen-bond acceptors (Lipinski definition) is 4. The molecule has 2 aromatic rings. The molecule has 6 heteroatoms. The number of benzene rings is 1. The molecule has 20 heavy (non-hydrogen) atoms. The quantitative estimate of drug-likeness (QED) is 0.796. The Morgan fingerprint density at radius 3 is 2.45 bits per heavy atom. The van der Waals surface area contributed by atoms with E-state index >= 15 is 0 Å². The summed E-state index contributed by atoms with van der Waals surface area (Å²) in [4.78, 5) is 26.7. The lowest BCUT2D eigenvalue weighted by atomic mass is 10.2. The highest BCUT2D eigenvalue weighted by molar-refractivity contribution is 6.04. The molecular formula is C14H13N3O3. The van der Waals surface area contributed by atoms with Crippen LogP contribution >= 0.6 is 0 Å². The van der Waals surface area contributed by atoms with Gasteiger partial charge in [-0.2, -0.15) is 0 Å². The molecule has 0 radical (unpaired) electrons. The average Bonchev–Trinajstić information content (AvgIpc) is 2.38. The van der Waals surface area contributed by atoms with Crippen LogP contribution in [-0.2, 0) is 4.79 Å². The molecule has 2 amide bonds. The van der Waals surface area contributed by atoms with Crippen LogP contribution in [0.2, 0.25) is 0 Å². The van der Waals surface area contributed by atoms with Gasteiger partial charge in [0.15, 0.2) is 0 Å². The first-order chi connectivity index (χ1) is 9.54. The maximum Gasteiger partial charge on any atom is 0.257 e. The van der Waals surface area contributed by atoms with Gasteiger partial charge in [-0.25, -0.2) is 0 Å². The summed E-state index contributed by atoms with van der Waals surface area (Å²) >= 11 is 0. The highest BCUT2D eigenvalue weighted by Crippen LogP contribution is 2.16. The molecular weight excluding hydrogens is 258 g/mol. The molecule has 0 bridgehead atoms. The van der Waals surface area contributed by atoms with Crippen molar-refractivity contribution < 1.29 is 14.7 Å². The van der Waals surface area contributed by atoms with E-state index in [0.29, 0.717) is 11.4 Å². The van der Waals surface area contributed by atoms with E-state index in [9.17, 15) is 14.7 Å². The van der Waals surface area contributed by atoms with Crippen LogP contribution < -0.4 is 10.6 Å². The number of aromatic hydroxyl groups is 1. The molecule has 2 rings (SSSR count). The van der Waals surface area contributed by atoms with Crippen molar-refractivity contribution in [2.45, 2.75) is 6.92 Å². The van der Waals surface area contributed by atoms with Gasteiger partial charge >= 0.3 is 0 Å². The molecule has 0 aliphatic rings. The van der Waals surface area contributed by atoms with E-state index < -0.39 is 5.91 Å². The fourth-order valence-electron chi connectivity index (χ4n) is 1.63. The van der Waals surface area contributed by atoms with E-state index in [0.717, 1.165) is 0 Å². The van der Waals surface area contributed by atoms with Crippen LogP contribution in [0.1, 0.15) is 17.3 Å². The average molecular weight is 271 g/mol. The SMILES string of the molecule is CC(=O)Nc1cccc(NC(=O)c2cncc(O)c2)c1. The number of nitrogens with zero attached hydrogens (tertiary/aromatic N) is 1. The van der Waals surface area contributed by atoms with Gasteiger partial charge in [0, 0.05) is 24.5 Å². The van der Waals surface area contributed by atoms with Gasteiger partial charge in [0.2, 0.25) is 5.91 Å². The Morgan fingerprint density at radius 2 is 1.80 bits per heavy atom. The second-order valence-electron chi connectivity index (χ2n) is 4.15. The first kappa shape index (κ1) is 13.5. The normalized spacial score (nSPS) is 9.85. The molecule has 0 atom stereocenters. The first-order valence-corrected chi connectivity index (χ1v) is 5.87. The van der Waals surface area contributed by atoms with Crippen molar-refractivity contribution in [2.24, 2.45) is 0 Å². The van der Waals surface area contributed by atoms with Gasteiger partial charge in [-0.15, -0.1) is 0 Å². The summed E-state index contributed by atoms with van der Waals surface area (Å²) in [5.74, 6) is -0.663. The molecule has 1 heterocycles. The van der Waals surface area contributed by atoms with E-state index in [-0.39, 0.29) is 17.2 Å². The Bertz CT molecular complexity index is 656. The van der Waals surface area contributed by atoms with E-state index in [2.05, 4.69) is 15.6 Å². The van der Waals surface area contributed by atoms with Gasteiger partial charge in [-0.3, -0.25) is 14.6 Å². The number of nitrogens with one attached hydrogen (secondary N) is 2. The van der Waals surface area contributed by atoms with Crippen LogP contribution in [0.3, 0.4) is 0 Å². The summed E-state index contributed by atoms with van der Waals surface area (Å²) in [7, 11) is 0. The number of pyridine rings is 1. The van der Waals surface area contributed by atoms with Gasteiger partial charge in [0.1, 0.15) is 5.75 Å². The summed E-state index contributed by atoms with van der Waals surface area (Å²) in [5.41, 5.74) is 1.36. The molecule has 6 nitrogen and oxygen atoms in total. The van der Waals surface area contributed by atoms with Gasteiger partial charge in [0.25, 0.3) is 5.91 Å². The Kier molecular flexibility index (Phi) is 3.95. The summed E-state index contributed by atoms with van der Waals surface area (Å²) < 4.78 is 0. The second kappa shape index (κ2) is 5.83. The number of carbonyl (C=O) groups is 2. The van der Waals surface area contributed by atoms with Crippen LogP contribution in [-0.4, -0.2) is 21.9 Å². The number of hydrogen-bond donors (Lipinski definition) is 3. The van der Waals surface area contributed by atoms with Crippen LogP contribution in [0.25, 0.3) is 0 Å². The Labute approximate surface area is 115 Å².